The van der Waals surface area contributed by atoms with E-state index in [4.69, 9.17) is 0 Å². The van der Waals surface area contributed by atoms with Crippen molar-refractivity contribution in [3.63, 3.8) is 0 Å². The summed E-state index contributed by atoms with van der Waals surface area (Å²) in [6.07, 6.45) is 5.57. The molecule has 0 bridgehead atoms. The van der Waals surface area contributed by atoms with Crippen LogP contribution in [-0.2, 0) is 6.54 Å². The van der Waals surface area contributed by atoms with Crippen LogP contribution in [-0.4, -0.2) is 63.5 Å². The molecule has 2 aromatic heterocycles. The van der Waals surface area contributed by atoms with Crippen molar-refractivity contribution in [1.29, 1.82) is 0 Å². The van der Waals surface area contributed by atoms with E-state index in [2.05, 4.69) is 54.4 Å². The lowest BCUT2D eigenvalue weighted by Crippen LogP contribution is -2.38. The van der Waals surface area contributed by atoms with Gasteiger partial charge in [0, 0.05) is 49.5 Å². The van der Waals surface area contributed by atoms with E-state index >= 15 is 0 Å². The highest BCUT2D eigenvalue weighted by Crippen LogP contribution is 2.35. The number of β-amino-alcohol motifs (C(OH)–C–C–N with tert-alkyl or cyclic N) is 1. The van der Waals surface area contributed by atoms with E-state index in [1.807, 2.05) is 38.6 Å². The first-order valence-electron chi connectivity index (χ1n) is 11.2. The monoisotopic (exact) mass is 443 g/mol. The van der Waals surface area contributed by atoms with E-state index in [0.717, 1.165) is 40.6 Å². The Labute approximate surface area is 192 Å². The zero-order valence-corrected chi connectivity index (χ0v) is 18.7. The number of hydrogen-bond acceptors (Lipinski definition) is 4. The molecule has 1 fully saturated rings. The fraction of sp³-hybridized carbons (Fsp3) is 0.269. The van der Waals surface area contributed by atoms with Gasteiger partial charge in [-0.2, -0.15) is 0 Å². The summed E-state index contributed by atoms with van der Waals surface area (Å²) in [4.78, 5) is 9.00. The summed E-state index contributed by atoms with van der Waals surface area (Å²) in [6.45, 7) is 2.13. The SMILES string of the molecule is CN(C)[C@@H]1CN(c2ccc3c(c2)Cn2cc(-c4ccc(F)cc4)cc2-c2nccn2-3)C[C@@H]1O. The van der Waals surface area contributed by atoms with Gasteiger partial charge in [0.25, 0.3) is 0 Å². The number of benzene rings is 2. The maximum atomic E-state index is 13.4. The quantitative estimate of drug-likeness (QED) is 0.463. The predicted molar refractivity (Wildman–Crippen MR) is 127 cm³/mol. The molecule has 0 spiro atoms. The Balaban J connectivity index is 1.40. The molecule has 2 aliphatic rings. The van der Waals surface area contributed by atoms with E-state index in [1.54, 1.807) is 0 Å². The number of aliphatic hydroxyl groups excluding tert-OH is 1. The molecule has 33 heavy (non-hydrogen) atoms. The largest absolute Gasteiger partial charge is 0.390 e. The van der Waals surface area contributed by atoms with Crippen molar-refractivity contribution in [3.05, 3.63) is 78.5 Å². The van der Waals surface area contributed by atoms with Gasteiger partial charge >= 0.3 is 0 Å². The van der Waals surface area contributed by atoms with Crippen LogP contribution >= 0.6 is 0 Å². The minimum atomic E-state index is -0.367. The summed E-state index contributed by atoms with van der Waals surface area (Å²) in [5.74, 6) is 0.652. The van der Waals surface area contributed by atoms with Gasteiger partial charge in [-0.15, -0.1) is 0 Å². The van der Waals surface area contributed by atoms with E-state index < -0.39 is 0 Å². The molecule has 0 amide bonds. The summed E-state index contributed by atoms with van der Waals surface area (Å²) in [5.41, 5.74) is 6.46. The first kappa shape index (κ1) is 20.2. The number of rotatable bonds is 3. The van der Waals surface area contributed by atoms with Gasteiger partial charge < -0.3 is 19.5 Å². The lowest BCUT2D eigenvalue weighted by atomic mass is 10.1. The maximum Gasteiger partial charge on any atom is 0.161 e. The lowest BCUT2D eigenvalue weighted by molar-refractivity contribution is 0.114. The first-order chi connectivity index (χ1) is 16.0. The summed E-state index contributed by atoms with van der Waals surface area (Å²) < 4.78 is 17.8. The number of fused-ring (bicyclic) bond motifs is 5. The second-order valence-electron chi connectivity index (χ2n) is 9.19. The minimum absolute atomic E-state index is 0.124. The Hall–Kier alpha value is -3.42. The zero-order chi connectivity index (χ0) is 22.7. The van der Waals surface area contributed by atoms with Gasteiger partial charge in [-0.25, -0.2) is 9.37 Å². The number of halogens is 1. The topological polar surface area (TPSA) is 49.5 Å². The third kappa shape index (κ3) is 3.35. The van der Waals surface area contributed by atoms with Crippen molar-refractivity contribution < 1.29 is 9.50 Å². The molecule has 1 saturated heterocycles. The van der Waals surface area contributed by atoms with Crippen LogP contribution in [0.1, 0.15) is 5.56 Å². The van der Waals surface area contributed by atoms with Gasteiger partial charge in [0.2, 0.25) is 0 Å². The summed E-state index contributed by atoms with van der Waals surface area (Å²) >= 11 is 0. The molecule has 6 rings (SSSR count). The van der Waals surface area contributed by atoms with Crippen molar-refractivity contribution in [1.82, 2.24) is 19.0 Å². The number of aromatic nitrogens is 3. The van der Waals surface area contributed by atoms with Crippen molar-refractivity contribution in [3.8, 4) is 28.3 Å². The van der Waals surface area contributed by atoms with Crippen molar-refractivity contribution >= 4 is 5.69 Å². The van der Waals surface area contributed by atoms with Gasteiger partial charge in [-0.05, 0) is 61.6 Å². The molecule has 2 aromatic carbocycles. The average Bonchev–Trinajstić information content (AvgIpc) is 3.51. The van der Waals surface area contributed by atoms with E-state index in [9.17, 15) is 9.50 Å². The van der Waals surface area contributed by atoms with Crippen LogP contribution in [0.4, 0.5) is 10.1 Å². The molecular formula is C26H26FN5O. The van der Waals surface area contributed by atoms with Gasteiger partial charge in [-0.3, -0.25) is 4.57 Å². The smallest absolute Gasteiger partial charge is 0.161 e. The predicted octanol–water partition coefficient (Wildman–Crippen LogP) is 3.62. The fourth-order valence-electron chi connectivity index (χ4n) is 5.12. The molecular weight excluding hydrogens is 417 g/mol. The number of likely N-dealkylation sites (N-methyl/N-ethyl adjacent to an activating group) is 1. The zero-order valence-electron chi connectivity index (χ0n) is 18.7. The highest BCUT2D eigenvalue weighted by molar-refractivity contribution is 5.72. The van der Waals surface area contributed by atoms with E-state index in [-0.39, 0.29) is 18.0 Å². The van der Waals surface area contributed by atoms with Crippen LogP contribution in [0.2, 0.25) is 0 Å². The molecule has 2 atom stereocenters. The molecule has 0 aliphatic carbocycles. The average molecular weight is 444 g/mol. The van der Waals surface area contributed by atoms with Crippen molar-refractivity contribution in [2.45, 2.75) is 18.7 Å². The number of anilines is 1. The second-order valence-corrected chi connectivity index (χ2v) is 9.19. The summed E-state index contributed by atoms with van der Waals surface area (Å²) in [5, 5.41) is 10.5. The Morgan fingerprint density at radius 1 is 1.03 bits per heavy atom. The van der Waals surface area contributed by atoms with Crippen molar-refractivity contribution in [2.75, 3.05) is 32.1 Å². The van der Waals surface area contributed by atoms with Gasteiger partial charge in [-0.1, -0.05) is 12.1 Å². The van der Waals surface area contributed by atoms with Crippen LogP contribution in [0.25, 0.3) is 28.3 Å². The molecule has 0 saturated carbocycles. The Kier molecular flexibility index (Phi) is 4.64. The second kappa shape index (κ2) is 7.57. The highest BCUT2D eigenvalue weighted by atomic mass is 19.1. The molecule has 4 aromatic rings. The van der Waals surface area contributed by atoms with Crippen LogP contribution in [0.5, 0.6) is 0 Å². The van der Waals surface area contributed by atoms with E-state index in [0.29, 0.717) is 13.1 Å². The third-order valence-corrected chi connectivity index (χ3v) is 6.89. The highest BCUT2D eigenvalue weighted by Gasteiger charge is 2.33. The fourth-order valence-corrected chi connectivity index (χ4v) is 5.12. The van der Waals surface area contributed by atoms with Gasteiger partial charge in [0.15, 0.2) is 5.82 Å². The molecule has 0 unspecified atom stereocenters. The molecule has 4 heterocycles. The molecule has 168 valence electrons. The van der Waals surface area contributed by atoms with Crippen molar-refractivity contribution in [2.24, 2.45) is 0 Å². The number of imidazole rings is 1. The summed E-state index contributed by atoms with van der Waals surface area (Å²) in [6, 6.07) is 15.4. The Bertz CT molecular complexity index is 1320. The number of hydrogen-bond donors (Lipinski definition) is 1. The first-order valence-corrected chi connectivity index (χ1v) is 11.2. The molecule has 7 heteroatoms. The van der Waals surface area contributed by atoms with Crippen LogP contribution in [0.15, 0.2) is 67.1 Å². The number of aliphatic hydroxyl groups is 1. The Morgan fingerprint density at radius 3 is 2.61 bits per heavy atom. The van der Waals surface area contributed by atoms with Crippen LogP contribution in [0, 0.1) is 5.82 Å². The third-order valence-electron chi connectivity index (χ3n) is 6.89. The standard InChI is InChI=1S/C26H26FN5O/c1-29(2)24-15-30(16-25(24)33)21-7-8-22-19(11-21)14-31-13-18(17-3-5-20(27)6-4-17)12-23(31)26-28-9-10-32(22)26/h3-13,24-25,33H,14-16H2,1-2H3/t24-,25+/m1/s1. The normalized spacial score (nSPS) is 19.4. The van der Waals surface area contributed by atoms with Gasteiger partial charge in [0.05, 0.1) is 23.5 Å². The lowest BCUT2D eigenvalue weighted by Gasteiger charge is -2.23. The molecule has 2 aliphatic heterocycles. The minimum Gasteiger partial charge on any atom is -0.390 e. The molecule has 6 nitrogen and oxygen atoms in total. The Morgan fingerprint density at radius 2 is 1.85 bits per heavy atom. The number of nitrogens with zero attached hydrogens (tertiary/aromatic N) is 5. The summed E-state index contributed by atoms with van der Waals surface area (Å²) in [7, 11) is 4.03. The van der Waals surface area contributed by atoms with Crippen LogP contribution < -0.4 is 4.90 Å². The maximum absolute atomic E-state index is 13.4. The van der Waals surface area contributed by atoms with Crippen LogP contribution in [0.3, 0.4) is 0 Å². The van der Waals surface area contributed by atoms with E-state index in [1.165, 1.54) is 17.7 Å². The molecule has 0 radical (unpaired) electrons. The molecule has 1 N–H and O–H groups in total. The van der Waals surface area contributed by atoms with Gasteiger partial charge in [0.1, 0.15) is 5.82 Å².